The first-order valence-corrected chi connectivity index (χ1v) is 11.5. The number of rotatable bonds is 8. The van der Waals surface area contributed by atoms with Crippen LogP contribution < -0.4 is 10.1 Å². The van der Waals surface area contributed by atoms with Crippen molar-refractivity contribution in [1.29, 1.82) is 0 Å². The standard InChI is InChI=1S/C25H31FN4O3/c1-33-21-3-2-20(22(26)16-21)17-25(8-4-23(31)28-25)9-5-24(32)30-14-12-29(13-15-30)18-19-6-10-27-11-7-19/h2-3,6-7,10-11,16H,4-5,8-9,12-15,17-18H2,1H3,(H,28,31)/t25-/m0/s1. The van der Waals surface area contributed by atoms with Crippen molar-refractivity contribution in [2.75, 3.05) is 33.3 Å². The molecule has 2 fully saturated rings. The molecule has 1 atom stereocenters. The summed E-state index contributed by atoms with van der Waals surface area (Å²) in [5.74, 6) is 0.154. The van der Waals surface area contributed by atoms with Crippen molar-refractivity contribution >= 4 is 11.8 Å². The highest BCUT2D eigenvalue weighted by atomic mass is 19.1. The maximum Gasteiger partial charge on any atom is 0.222 e. The van der Waals surface area contributed by atoms with Crippen molar-refractivity contribution in [3.05, 3.63) is 59.7 Å². The lowest BCUT2D eigenvalue weighted by atomic mass is 9.84. The Morgan fingerprint density at radius 2 is 1.94 bits per heavy atom. The Balaban J connectivity index is 1.32. The van der Waals surface area contributed by atoms with Crippen LogP contribution in [0.15, 0.2) is 42.7 Å². The average Bonchev–Trinajstić information content (AvgIpc) is 3.20. The molecule has 0 radical (unpaired) electrons. The van der Waals surface area contributed by atoms with Gasteiger partial charge in [0.25, 0.3) is 0 Å². The molecule has 1 aromatic carbocycles. The van der Waals surface area contributed by atoms with E-state index in [-0.39, 0.29) is 17.6 Å². The van der Waals surface area contributed by atoms with Crippen LogP contribution in [-0.2, 0) is 22.6 Å². The fourth-order valence-corrected chi connectivity index (χ4v) is 4.75. The second-order valence-electron chi connectivity index (χ2n) is 8.98. The van der Waals surface area contributed by atoms with Crippen LogP contribution in [0.25, 0.3) is 0 Å². The summed E-state index contributed by atoms with van der Waals surface area (Å²) in [4.78, 5) is 33.3. The molecular weight excluding hydrogens is 423 g/mol. The molecular formula is C25H31FN4O3. The van der Waals surface area contributed by atoms with E-state index in [1.165, 1.54) is 18.7 Å². The van der Waals surface area contributed by atoms with Crippen LogP contribution in [0.3, 0.4) is 0 Å². The number of piperazine rings is 1. The summed E-state index contributed by atoms with van der Waals surface area (Å²) in [6.45, 7) is 3.89. The Morgan fingerprint density at radius 1 is 1.18 bits per heavy atom. The van der Waals surface area contributed by atoms with Gasteiger partial charge in [-0.15, -0.1) is 0 Å². The van der Waals surface area contributed by atoms with Crippen LogP contribution in [0.2, 0.25) is 0 Å². The Hall–Kier alpha value is -3.00. The predicted octanol–water partition coefficient (Wildman–Crippen LogP) is 2.55. The van der Waals surface area contributed by atoms with Crippen LogP contribution in [-0.4, -0.2) is 65.4 Å². The zero-order valence-corrected chi connectivity index (χ0v) is 19.1. The van der Waals surface area contributed by atoms with Gasteiger partial charge >= 0.3 is 0 Å². The Bertz CT molecular complexity index is 979. The molecule has 2 aliphatic heterocycles. The van der Waals surface area contributed by atoms with Gasteiger partial charge in [-0.3, -0.25) is 19.5 Å². The second-order valence-corrected chi connectivity index (χ2v) is 8.98. The molecule has 0 saturated carbocycles. The number of carbonyl (C=O) groups excluding carboxylic acids is 2. The molecule has 2 saturated heterocycles. The molecule has 2 amide bonds. The maximum atomic E-state index is 14.6. The van der Waals surface area contributed by atoms with E-state index in [9.17, 15) is 14.0 Å². The van der Waals surface area contributed by atoms with Crippen LogP contribution in [0.1, 0.15) is 36.8 Å². The topological polar surface area (TPSA) is 74.8 Å². The molecule has 4 rings (SSSR count). The molecule has 0 aliphatic carbocycles. The third kappa shape index (κ3) is 5.87. The number of nitrogens with zero attached hydrogens (tertiary/aromatic N) is 3. The summed E-state index contributed by atoms with van der Waals surface area (Å²) in [5.41, 5.74) is 1.15. The number of halogens is 1. The molecule has 3 heterocycles. The molecule has 0 spiro atoms. The first kappa shape index (κ1) is 23.2. The molecule has 1 N–H and O–H groups in total. The molecule has 7 nitrogen and oxygen atoms in total. The molecule has 2 aromatic rings. The lowest BCUT2D eigenvalue weighted by molar-refractivity contribution is -0.133. The minimum Gasteiger partial charge on any atom is -0.497 e. The van der Waals surface area contributed by atoms with Crippen LogP contribution in [0.5, 0.6) is 5.75 Å². The van der Waals surface area contributed by atoms with E-state index in [0.717, 1.165) is 19.6 Å². The van der Waals surface area contributed by atoms with E-state index in [4.69, 9.17) is 4.74 Å². The van der Waals surface area contributed by atoms with Crippen molar-refractivity contribution in [2.45, 2.75) is 44.2 Å². The lowest BCUT2D eigenvalue weighted by Gasteiger charge is -2.36. The van der Waals surface area contributed by atoms with Crippen molar-refractivity contribution in [1.82, 2.24) is 20.1 Å². The fraction of sp³-hybridized carbons (Fsp3) is 0.480. The molecule has 1 aromatic heterocycles. The first-order valence-electron chi connectivity index (χ1n) is 11.5. The zero-order chi connectivity index (χ0) is 23.3. The number of benzene rings is 1. The summed E-state index contributed by atoms with van der Waals surface area (Å²) < 4.78 is 19.6. The molecule has 176 valence electrons. The van der Waals surface area contributed by atoms with Crippen molar-refractivity contribution in [2.24, 2.45) is 0 Å². The van der Waals surface area contributed by atoms with Gasteiger partial charge < -0.3 is 15.0 Å². The van der Waals surface area contributed by atoms with Gasteiger partial charge in [0.2, 0.25) is 11.8 Å². The van der Waals surface area contributed by atoms with E-state index in [2.05, 4.69) is 15.2 Å². The van der Waals surface area contributed by atoms with Gasteiger partial charge in [-0.25, -0.2) is 4.39 Å². The highest BCUT2D eigenvalue weighted by Crippen LogP contribution is 2.31. The van der Waals surface area contributed by atoms with Crippen molar-refractivity contribution < 1.29 is 18.7 Å². The maximum absolute atomic E-state index is 14.6. The van der Waals surface area contributed by atoms with Gasteiger partial charge in [-0.1, -0.05) is 6.07 Å². The summed E-state index contributed by atoms with van der Waals surface area (Å²) in [6.07, 6.45) is 5.79. The monoisotopic (exact) mass is 454 g/mol. The molecule has 33 heavy (non-hydrogen) atoms. The smallest absolute Gasteiger partial charge is 0.222 e. The van der Waals surface area contributed by atoms with Gasteiger partial charge in [-0.05, 0) is 48.6 Å². The number of aromatic nitrogens is 1. The van der Waals surface area contributed by atoms with Crippen LogP contribution in [0.4, 0.5) is 4.39 Å². The third-order valence-corrected chi connectivity index (χ3v) is 6.72. The highest BCUT2D eigenvalue weighted by molar-refractivity contribution is 5.80. The minimum atomic E-state index is -0.592. The minimum absolute atomic E-state index is 0.0407. The van der Waals surface area contributed by atoms with Crippen LogP contribution in [0, 0.1) is 5.82 Å². The van der Waals surface area contributed by atoms with E-state index in [0.29, 0.717) is 56.5 Å². The molecule has 0 unspecified atom stereocenters. The van der Waals surface area contributed by atoms with E-state index in [1.54, 1.807) is 24.5 Å². The molecule has 2 aliphatic rings. The Labute approximate surface area is 193 Å². The Kier molecular flexibility index (Phi) is 7.23. The van der Waals surface area contributed by atoms with Crippen molar-refractivity contribution in [3.63, 3.8) is 0 Å². The van der Waals surface area contributed by atoms with Gasteiger partial charge in [0, 0.05) is 69.6 Å². The SMILES string of the molecule is COc1ccc(C[C@@]2(CCC(=O)N3CCN(Cc4ccncc4)CC3)CCC(=O)N2)c(F)c1. The summed E-state index contributed by atoms with van der Waals surface area (Å²) in [5, 5.41) is 3.04. The van der Waals surface area contributed by atoms with Crippen LogP contribution >= 0.6 is 0 Å². The second kappa shape index (κ2) is 10.3. The number of hydrogen-bond donors (Lipinski definition) is 1. The number of methoxy groups -OCH3 is 1. The zero-order valence-electron chi connectivity index (χ0n) is 19.1. The van der Waals surface area contributed by atoms with Gasteiger partial charge in [0.1, 0.15) is 11.6 Å². The number of amides is 2. The third-order valence-electron chi connectivity index (χ3n) is 6.72. The molecule has 0 bridgehead atoms. The predicted molar refractivity (Wildman–Crippen MR) is 122 cm³/mol. The first-order chi connectivity index (χ1) is 16.0. The number of carbonyl (C=O) groups is 2. The fourth-order valence-electron chi connectivity index (χ4n) is 4.75. The van der Waals surface area contributed by atoms with E-state index in [1.807, 2.05) is 17.0 Å². The summed E-state index contributed by atoms with van der Waals surface area (Å²) in [6, 6.07) is 8.80. The quantitative estimate of drug-likeness (QED) is 0.664. The van der Waals surface area contributed by atoms with Crippen molar-refractivity contribution in [3.8, 4) is 5.75 Å². The van der Waals surface area contributed by atoms with Gasteiger partial charge in [0.15, 0.2) is 0 Å². The Morgan fingerprint density at radius 3 is 2.58 bits per heavy atom. The summed E-state index contributed by atoms with van der Waals surface area (Å²) >= 11 is 0. The number of nitrogens with one attached hydrogen (secondary N) is 1. The number of hydrogen-bond acceptors (Lipinski definition) is 5. The average molecular weight is 455 g/mol. The normalized spacial score (nSPS) is 21.2. The number of pyridine rings is 1. The molecule has 8 heteroatoms. The van der Waals surface area contributed by atoms with E-state index < -0.39 is 5.54 Å². The van der Waals surface area contributed by atoms with Gasteiger partial charge in [0.05, 0.1) is 7.11 Å². The highest BCUT2D eigenvalue weighted by Gasteiger charge is 2.39. The summed E-state index contributed by atoms with van der Waals surface area (Å²) in [7, 11) is 1.50. The largest absolute Gasteiger partial charge is 0.497 e. The van der Waals surface area contributed by atoms with E-state index >= 15 is 0 Å². The lowest BCUT2D eigenvalue weighted by Crippen LogP contribution is -2.49. The van der Waals surface area contributed by atoms with Gasteiger partial charge in [-0.2, -0.15) is 0 Å². The number of ether oxygens (including phenoxy) is 1.